The molecule has 0 aromatic carbocycles. The Morgan fingerprint density at radius 1 is 1.10 bits per heavy atom. The molecule has 1 N–H and O–H groups in total. The van der Waals surface area contributed by atoms with Gasteiger partial charge in [-0.15, -0.1) is 11.3 Å². The molecule has 1 unspecified atom stereocenters. The van der Waals surface area contributed by atoms with E-state index < -0.39 is 0 Å². The van der Waals surface area contributed by atoms with Crippen LogP contribution in [0.4, 0.5) is 0 Å². The molecule has 0 saturated carbocycles. The van der Waals surface area contributed by atoms with E-state index in [1.54, 1.807) is 11.3 Å². The van der Waals surface area contributed by atoms with Crippen LogP contribution in [0.5, 0.6) is 0 Å². The van der Waals surface area contributed by atoms with E-state index in [9.17, 15) is 0 Å². The van der Waals surface area contributed by atoms with E-state index in [0.29, 0.717) is 6.04 Å². The Bertz CT molecular complexity index is 361. The molecule has 1 nitrogen and oxygen atoms in total. The molecule has 1 aromatic heterocycles. The Balaban J connectivity index is 2.10. The monoisotopic (exact) mass is 393 g/mol. The van der Waals surface area contributed by atoms with Crippen LogP contribution in [-0.2, 0) is 0 Å². The van der Waals surface area contributed by atoms with Crippen molar-refractivity contribution in [2.24, 2.45) is 0 Å². The summed E-state index contributed by atoms with van der Waals surface area (Å²) in [4.78, 5) is 1.34. The van der Waals surface area contributed by atoms with Crippen molar-refractivity contribution in [2.45, 2.75) is 77.2 Å². The van der Waals surface area contributed by atoms with Gasteiger partial charge in [0.1, 0.15) is 0 Å². The van der Waals surface area contributed by atoms with Gasteiger partial charge in [-0.3, -0.25) is 0 Å². The van der Waals surface area contributed by atoms with Crippen molar-refractivity contribution < 1.29 is 0 Å². The Hall–Kier alpha value is 0.430. The van der Waals surface area contributed by atoms with Gasteiger partial charge in [0.05, 0.1) is 8.81 Å². The van der Waals surface area contributed by atoms with Crippen molar-refractivity contribution in [1.29, 1.82) is 0 Å². The highest BCUT2D eigenvalue weighted by atomic mass is 79.9. The first-order valence-electron chi connectivity index (χ1n) is 8.31. The van der Waals surface area contributed by atoms with Crippen molar-refractivity contribution in [3.8, 4) is 0 Å². The third kappa shape index (κ3) is 8.01. The van der Waals surface area contributed by atoms with Crippen LogP contribution in [0.15, 0.2) is 9.85 Å². The van der Waals surface area contributed by atoms with E-state index in [1.165, 1.54) is 69.1 Å². The third-order valence-electron chi connectivity index (χ3n) is 3.95. The van der Waals surface area contributed by atoms with Gasteiger partial charge in [-0.2, -0.15) is 0 Å². The summed E-state index contributed by atoms with van der Waals surface area (Å²) in [5, 5.41) is 4.25. The number of hydrogen-bond donors (Lipinski definition) is 1. The molecule has 0 spiro atoms. The Labute approximate surface area is 148 Å². The summed E-state index contributed by atoms with van der Waals surface area (Å²) in [6.45, 7) is 2.28. The average Bonchev–Trinajstić information content (AvgIpc) is 2.80. The summed E-state index contributed by atoms with van der Waals surface area (Å²) in [6, 6.07) is 2.54. The van der Waals surface area contributed by atoms with Crippen LogP contribution in [-0.4, -0.2) is 7.05 Å². The number of thiophene rings is 1. The Morgan fingerprint density at radius 2 is 1.67 bits per heavy atom. The summed E-state index contributed by atoms with van der Waals surface area (Å²) in [7, 11) is 2.04. The maximum Gasteiger partial charge on any atom is 0.0887 e. The first-order chi connectivity index (χ1) is 10.2. The van der Waals surface area contributed by atoms with Gasteiger partial charge >= 0.3 is 0 Å². The van der Waals surface area contributed by atoms with E-state index >= 15 is 0 Å². The number of halogens is 2. The maximum absolute atomic E-state index is 6.12. The molecule has 0 bridgehead atoms. The lowest BCUT2D eigenvalue weighted by molar-refractivity contribution is 0.498. The van der Waals surface area contributed by atoms with Crippen molar-refractivity contribution >= 4 is 38.9 Å². The minimum Gasteiger partial charge on any atom is -0.312 e. The van der Waals surface area contributed by atoms with Gasteiger partial charge in [-0.05, 0) is 35.5 Å². The van der Waals surface area contributed by atoms with E-state index in [-0.39, 0.29) is 0 Å². The SMILES string of the molecule is CCCCCCCCCCCC(NC)c1cc(Cl)c(Br)s1. The standard InChI is InChI=1S/C17H29BrClNS/c1-3-4-5-6-7-8-9-10-11-12-15(20-2)16-13-14(19)17(18)21-16/h13,15,20H,3-12H2,1-2H3. The molecule has 21 heavy (non-hydrogen) atoms. The first-order valence-corrected chi connectivity index (χ1v) is 10.3. The highest BCUT2D eigenvalue weighted by Gasteiger charge is 2.13. The molecule has 4 heteroatoms. The molecular weight excluding hydrogens is 366 g/mol. The number of rotatable bonds is 12. The first kappa shape index (κ1) is 19.5. The van der Waals surface area contributed by atoms with Gasteiger partial charge in [0.15, 0.2) is 0 Å². The third-order valence-corrected chi connectivity index (χ3v) is 6.54. The van der Waals surface area contributed by atoms with Crippen LogP contribution in [0.25, 0.3) is 0 Å². The normalized spacial score (nSPS) is 12.8. The molecule has 0 aliphatic heterocycles. The molecule has 0 saturated heterocycles. The molecule has 0 amide bonds. The van der Waals surface area contributed by atoms with Crippen molar-refractivity contribution in [3.05, 3.63) is 19.8 Å². The van der Waals surface area contributed by atoms with Crippen molar-refractivity contribution in [2.75, 3.05) is 7.05 Å². The molecular formula is C17H29BrClNS. The predicted octanol–water partition coefficient (Wildman–Crippen LogP) is 7.35. The van der Waals surface area contributed by atoms with Gasteiger partial charge in [0.2, 0.25) is 0 Å². The highest BCUT2D eigenvalue weighted by molar-refractivity contribution is 9.11. The lowest BCUT2D eigenvalue weighted by atomic mass is 10.0. The quantitative estimate of drug-likeness (QED) is 0.365. The van der Waals surface area contributed by atoms with Gasteiger partial charge in [-0.25, -0.2) is 0 Å². The maximum atomic E-state index is 6.12. The second kappa shape index (κ2) is 11.9. The fraction of sp³-hybridized carbons (Fsp3) is 0.765. The smallest absolute Gasteiger partial charge is 0.0887 e. The molecule has 1 aromatic rings. The summed E-state index contributed by atoms with van der Waals surface area (Å²) >= 11 is 11.4. The number of hydrogen-bond acceptors (Lipinski definition) is 2. The fourth-order valence-electron chi connectivity index (χ4n) is 2.62. The van der Waals surface area contributed by atoms with Crippen LogP contribution in [0.3, 0.4) is 0 Å². The second-order valence-electron chi connectivity index (χ2n) is 5.73. The van der Waals surface area contributed by atoms with Crippen LogP contribution >= 0.6 is 38.9 Å². The zero-order valence-electron chi connectivity index (χ0n) is 13.4. The molecule has 0 aliphatic carbocycles. The van der Waals surface area contributed by atoms with E-state index in [1.807, 2.05) is 7.05 Å². The van der Waals surface area contributed by atoms with E-state index in [4.69, 9.17) is 11.6 Å². The molecule has 1 atom stereocenters. The Morgan fingerprint density at radius 3 is 2.14 bits per heavy atom. The predicted molar refractivity (Wildman–Crippen MR) is 101 cm³/mol. The van der Waals surface area contributed by atoms with Gasteiger partial charge in [0.25, 0.3) is 0 Å². The largest absolute Gasteiger partial charge is 0.312 e. The minimum absolute atomic E-state index is 0.448. The number of nitrogens with one attached hydrogen (secondary N) is 1. The number of unbranched alkanes of at least 4 members (excludes halogenated alkanes) is 8. The van der Waals surface area contributed by atoms with Crippen LogP contribution in [0, 0.1) is 0 Å². The van der Waals surface area contributed by atoms with Crippen molar-refractivity contribution in [3.63, 3.8) is 0 Å². The summed E-state index contributed by atoms with van der Waals surface area (Å²) < 4.78 is 1.05. The molecule has 0 aliphatic rings. The van der Waals surface area contributed by atoms with Gasteiger partial charge in [-0.1, -0.05) is 76.3 Å². The molecule has 122 valence electrons. The second-order valence-corrected chi connectivity index (χ2v) is 8.54. The molecule has 1 heterocycles. The summed E-state index contributed by atoms with van der Waals surface area (Å²) in [5.41, 5.74) is 0. The summed E-state index contributed by atoms with van der Waals surface area (Å²) in [5.74, 6) is 0. The van der Waals surface area contributed by atoms with Crippen LogP contribution in [0.2, 0.25) is 5.02 Å². The Kier molecular flexibility index (Phi) is 11.1. The lowest BCUT2D eigenvalue weighted by Gasteiger charge is -2.14. The average molecular weight is 395 g/mol. The summed E-state index contributed by atoms with van der Waals surface area (Å²) in [6.07, 6.45) is 13.7. The minimum atomic E-state index is 0.448. The highest BCUT2D eigenvalue weighted by Crippen LogP contribution is 2.36. The van der Waals surface area contributed by atoms with E-state index in [2.05, 4.69) is 34.2 Å². The zero-order chi connectivity index (χ0) is 15.5. The van der Waals surface area contributed by atoms with Crippen molar-refractivity contribution in [1.82, 2.24) is 5.32 Å². The zero-order valence-corrected chi connectivity index (χ0v) is 16.5. The van der Waals surface area contributed by atoms with Crippen LogP contribution < -0.4 is 5.32 Å². The van der Waals surface area contributed by atoms with Crippen LogP contribution in [0.1, 0.15) is 82.1 Å². The molecule has 1 rings (SSSR count). The lowest BCUT2D eigenvalue weighted by Crippen LogP contribution is -2.14. The van der Waals surface area contributed by atoms with Gasteiger partial charge in [0, 0.05) is 10.9 Å². The topological polar surface area (TPSA) is 12.0 Å². The van der Waals surface area contributed by atoms with Gasteiger partial charge < -0.3 is 5.32 Å². The fourth-order valence-corrected chi connectivity index (χ4v) is 4.51. The van der Waals surface area contributed by atoms with E-state index in [0.717, 1.165) is 8.81 Å². The molecule has 0 radical (unpaired) electrons. The molecule has 0 fully saturated rings.